The lowest BCUT2D eigenvalue weighted by molar-refractivity contribution is 0.506. The summed E-state index contributed by atoms with van der Waals surface area (Å²) in [5.41, 5.74) is -0.381. The largest absolute Gasteiger partial charge is 0.302 e. The molecule has 0 saturated heterocycles. The maximum atomic E-state index is 14.1. The third kappa shape index (κ3) is 2.55. The summed E-state index contributed by atoms with van der Waals surface area (Å²) in [6.45, 7) is 3.55. The topological polar surface area (TPSA) is 58.7 Å². The van der Waals surface area contributed by atoms with E-state index in [0.717, 1.165) is 6.07 Å². The number of aromatic nitrogens is 2. The number of hydrogen-bond acceptors (Lipinski definition) is 3. The molecule has 0 aliphatic rings. The number of benzene rings is 1. The Morgan fingerprint density at radius 3 is 2.48 bits per heavy atom. The zero-order valence-electron chi connectivity index (χ0n) is 11.8. The second-order valence-electron chi connectivity index (χ2n) is 5.01. The van der Waals surface area contributed by atoms with Gasteiger partial charge in [-0.25, -0.2) is 13.8 Å². The highest BCUT2D eigenvalue weighted by atomic mass is 19.2. The van der Waals surface area contributed by atoms with E-state index < -0.39 is 11.6 Å². The van der Waals surface area contributed by atoms with Crippen LogP contribution in [0.15, 0.2) is 23.3 Å². The fourth-order valence-electron chi connectivity index (χ4n) is 2.01. The van der Waals surface area contributed by atoms with Gasteiger partial charge in [0.15, 0.2) is 11.6 Å². The minimum absolute atomic E-state index is 0.0425. The monoisotopic (exact) mass is 289 g/mol. The minimum atomic E-state index is -1.21. The molecule has 0 fully saturated rings. The van der Waals surface area contributed by atoms with E-state index in [-0.39, 0.29) is 28.3 Å². The van der Waals surface area contributed by atoms with E-state index in [1.807, 2.05) is 0 Å². The van der Waals surface area contributed by atoms with Gasteiger partial charge < -0.3 is 4.57 Å². The number of aryl methyl sites for hydroxylation is 1. The number of hydrogen-bond donors (Lipinski definition) is 0. The van der Waals surface area contributed by atoms with E-state index in [2.05, 4.69) is 4.98 Å². The third-order valence-electron chi connectivity index (χ3n) is 3.22. The van der Waals surface area contributed by atoms with Crippen molar-refractivity contribution in [3.8, 4) is 17.3 Å². The molecule has 1 aromatic carbocycles. The van der Waals surface area contributed by atoms with Crippen molar-refractivity contribution in [2.45, 2.75) is 19.8 Å². The van der Waals surface area contributed by atoms with Gasteiger partial charge in [0.1, 0.15) is 6.07 Å². The van der Waals surface area contributed by atoms with Gasteiger partial charge in [-0.15, -0.1) is 0 Å². The van der Waals surface area contributed by atoms with Crippen molar-refractivity contribution < 1.29 is 8.78 Å². The van der Waals surface area contributed by atoms with Gasteiger partial charge in [-0.2, -0.15) is 5.26 Å². The molecule has 0 aliphatic carbocycles. The molecular weight excluding hydrogens is 276 g/mol. The molecule has 0 unspecified atom stereocenters. The van der Waals surface area contributed by atoms with Crippen LogP contribution in [0, 0.1) is 23.0 Å². The lowest BCUT2D eigenvalue weighted by Crippen LogP contribution is -2.16. The number of rotatable bonds is 2. The van der Waals surface area contributed by atoms with Gasteiger partial charge in [0.05, 0.1) is 17.6 Å². The normalized spacial score (nSPS) is 10.7. The van der Waals surface area contributed by atoms with Crippen molar-refractivity contribution in [3.05, 3.63) is 51.6 Å². The van der Waals surface area contributed by atoms with Gasteiger partial charge in [0.25, 0.3) is 5.56 Å². The Labute approximate surface area is 120 Å². The van der Waals surface area contributed by atoms with Crippen LogP contribution < -0.4 is 5.56 Å². The summed E-state index contributed by atoms with van der Waals surface area (Å²) >= 11 is 0. The molecule has 6 heteroatoms. The quantitative estimate of drug-likeness (QED) is 0.854. The molecule has 4 nitrogen and oxygen atoms in total. The van der Waals surface area contributed by atoms with Gasteiger partial charge in [-0.05, 0) is 17.5 Å². The van der Waals surface area contributed by atoms with Crippen LogP contribution in [-0.4, -0.2) is 9.55 Å². The average Bonchev–Trinajstić information content (AvgIpc) is 2.44. The van der Waals surface area contributed by atoms with Crippen LogP contribution in [0.25, 0.3) is 11.3 Å². The Kier molecular flexibility index (Phi) is 3.85. The molecule has 0 radical (unpaired) electrons. The van der Waals surface area contributed by atoms with E-state index >= 15 is 0 Å². The molecule has 1 aromatic heterocycles. The predicted octanol–water partition coefficient (Wildman–Crippen LogP) is 2.72. The maximum absolute atomic E-state index is 14.1. The van der Waals surface area contributed by atoms with E-state index in [1.54, 1.807) is 19.9 Å². The summed E-state index contributed by atoms with van der Waals surface area (Å²) in [6.07, 6.45) is 1.24. The van der Waals surface area contributed by atoms with E-state index in [1.165, 1.54) is 24.0 Å². The predicted molar refractivity (Wildman–Crippen MR) is 73.6 cm³/mol. The maximum Gasteiger partial charge on any atom is 0.253 e. The molecular formula is C15H13F2N3O. The highest BCUT2D eigenvalue weighted by Crippen LogP contribution is 2.30. The first-order valence-corrected chi connectivity index (χ1v) is 6.31. The summed E-state index contributed by atoms with van der Waals surface area (Å²) in [7, 11) is 1.51. The van der Waals surface area contributed by atoms with Crippen LogP contribution in [0.1, 0.15) is 30.9 Å². The molecule has 0 N–H and O–H groups in total. The molecule has 2 aromatic rings. The molecule has 0 saturated carbocycles. The molecule has 0 amide bonds. The van der Waals surface area contributed by atoms with Crippen molar-refractivity contribution >= 4 is 0 Å². The van der Waals surface area contributed by atoms with Crippen LogP contribution in [0.4, 0.5) is 8.78 Å². The molecule has 0 atom stereocenters. The highest BCUT2D eigenvalue weighted by Gasteiger charge is 2.21. The van der Waals surface area contributed by atoms with E-state index in [4.69, 9.17) is 5.26 Å². The summed E-state index contributed by atoms with van der Waals surface area (Å²) in [5.74, 6) is -2.54. The van der Waals surface area contributed by atoms with Crippen LogP contribution in [0.3, 0.4) is 0 Å². The number of nitrogens with zero attached hydrogens (tertiary/aromatic N) is 3. The molecule has 108 valence electrons. The second-order valence-corrected chi connectivity index (χ2v) is 5.01. The molecule has 0 bridgehead atoms. The van der Waals surface area contributed by atoms with Gasteiger partial charge in [0.2, 0.25) is 0 Å². The van der Waals surface area contributed by atoms with Crippen LogP contribution >= 0.6 is 0 Å². The summed E-state index contributed by atoms with van der Waals surface area (Å²) in [5, 5.41) is 8.99. The average molecular weight is 289 g/mol. The van der Waals surface area contributed by atoms with Crippen molar-refractivity contribution in [3.63, 3.8) is 0 Å². The van der Waals surface area contributed by atoms with Crippen molar-refractivity contribution in [1.82, 2.24) is 9.55 Å². The van der Waals surface area contributed by atoms with Gasteiger partial charge >= 0.3 is 0 Å². The first kappa shape index (κ1) is 14.9. The highest BCUT2D eigenvalue weighted by molar-refractivity contribution is 5.63. The van der Waals surface area contributed by atoms with Gasteiger partial charge in [0, 0.05) is 18.7 Å². The zero-order chi connectivity index (χ0) is 15.7. The second kappa shape index (κ2) is 5.44. The smallest absolute Gasteiger partial charge is 0.253 e. The van der Waals surface area contributed by atoms with E-state index in [0.29, 0.717) is 5.56 Å². The Hall–Kier alpha value is -2.55. The first-order valence-electron chi connectivity index (χ1n) is 6.31. The third-order valence-corrected chi connectivity index (χ3v) is 3.22. The lowest BCUT2D eigenvalue weighted by Gasteiger charge is -2.13. The van der Waals surface area contributed by atoms with Crippen molar-refractivity contribution in [1.29, 1.82) is 5.26 Å². The Bertz CT molecular complexity index is 804. The standard InChI is InChI=1S/C15H13F2N3O/c1-8(2)9-4-10(14(16)15(17)11(9)6-18)12-5-13(21)20(3)7-19-12/h4-5,7-8H,1-3H3. The zero-order valence-corrected chi connectivity index (χ0v) is 11.8. The molecule has 1 heterocycles. The first-order chi connectivity index (χ1) is 9.86. The summed E-state index contributed by atoms with van der Waals surface area (Å²) in [4.78, 5) is 15.5. The summed E-state index contributed by atoms with van der Waals surface area (Å²) in [6, 6.07) is 4.20. The Balaban J connectivity index is 2.78. The fraction of sp³-hybridized carbons (Fsp3) is 0.267. The Morgan fingerprint density at radius 2 is 1.95 bits per heavy atom. The van der Waals surface area contributed by atoms with E-state index in [9.17, 15) is 13.6 Å². The minimum Gasteiger partial charge on any atom is -0.302 e. The van der Waals surface area contributed by atoms with Crippen LogP contribution in [-0.2, 0) is 7.05 Å². The molecule has 0 aliphatic heterocycles. The van der Waals surface area contributed by atoms with Crippen LogP contribution in [0.5, 0.6) is 0 Å². The fourth-order valence-corrected chi connectivity index (χ4v) is 2.01. The van der Waals surface area contributed by atoms with Gasteiger partial charge in [-0.1, -0.05) is 13.8 Å². The number of nitriles is 1. The Morgan fingerprint density at radius 1 is 1.29 bits per heavy atom. The molecule has 2 rings (SSSR count). The lowest BCUT2D eigenvalue weighted by atomic mass is 9.93. The summed E-state index contributed by atoms with van der Waals surface area (Å²) < 4.78 is 29.4. The van der Waals surface area contributed by atoms with Crippen molar-refractivity contribution in [2.24, 2.45) is 7.05 Å². The molecule has 21 heavy (non-hydrogen) atoms. The molecule has 0 spiro atoms. The number of halogens is 2. The SMILES string of the molecule is CC(C)c1cc(-c2cc(=O)n(C)cn2)c(F)c(F)c1C#N. The van der Waals surface area contributed by atoms with Crippen molar-refractivity contribution in [2.75, 3.05) is 0 Å². The van der Waals surface area contributed by atoms with Gasteiger partial charge in [-0.3, -0.25) is 4.79 Å². The van der Waals surface area contributed by atoms with Crippen LogP contribution in [0.2, 0.25) is 0 Å².